The molecule has 0 bridgehead atoms. The summed E-state index contributed by atoms with van der Waals surface area (Å²) >= 11 is 0. The second-order valence-electron chi connectivity index (χ2n) is 7.71. The number of rotatable bonds is 6. The molecule has 0 fully saturated rings. The Morgan fingerprint density at radius 2 is 1.94 bits per heavy atom. The zero-order valence-electron chi connectivity index (χ0n) is 18.3. The van der Waals surface area contributed by atoms with Crippen LogP contribution in [0.5, 0.6) is 5.75 Å². The van der Waals surface area contributed by atoms with E-state index in [4.69, 9.17) is 4.74 Å². The van der Waals surface area contributed by atoms with Crippen LogP contribution in [-0.2, 0) is 23.0 Å². The van der Waals surface area contributed by atoms with Crippen molar-refractivity contribution < 1.29 is 17.9 Å². The van der Waals surface area contributed by atoms with Crippen LogP contribution < -0.4 is 14.4 Å². The van der Waals surface area contributed by atoms with Crippen molar-refractivity contribution in [2.45, 2.75) is 31.7 Å². The topological polar surface area (TPSA) is 88.6 Å². The van der Waals surface area contributed by atoms with Crippen LogP contribution in [0.1, 0.15) is 32.7 Å². The zero-order chi connectivity index (χ0) is 22.9. The first-order valence-corrected chi connectivity index (χ1v) is 11.7. The lowest BCUT2D eigenvalue weighted by Crippen LogP contribution is -2.29. The largest absolute Gasteiger partial charge is 0.496 e. The predicted molar refractivity (Wildman–Crippen MR) is 123 cm³/mol. The Bertz CT molecular complexity index is 1290. The molecule has 1 aromatic heterocycles. The van der Waals surface area contributed by atoms with Gasteiger partial charge in [-0.3, -0.25) is 14.1 Å². The van der Waals surface area contributed by atoms with Gasteiger partial charge in [-0.1, -0.05) is 24.3 Å². The molecule has 0 radical (unpaired) electrons. The molecule has 1 aliphatic rings. The number of fused-ring (bicyclic) bond motifs is 1. The number of benzene rings is 2. The van der Waals surface area contributed by atoms with Crippen LogP contribution in [0.4, 0.5) is 5.69 Å². The molecule has 166 valence electrons. The molecule has 1 amide bonds. The van der Waals surface area contributed by atoms with Gasteiger partial charge in [0.25, 0.3) is 15.9 Å². The van der Waals surface area contributed by atoms with Gasteiger partial charge in [-0.05, 0) is 50.1 Å². The molecule has 3 aromatic rings. The lowest BCUT2D eigenvalue weighted by Gasteiger charge is -2.20. The summed E-state index contributed by atoms with van der Waals surface area (Å²) in [6.07, 6.45) is 2.37. The second kappa shape index (κ2) is 8.63. The van der Waals surface area contributed by atoms with Crippen molar-refractivity contribution in [3.05, 3.63) is 82.7 Å². The van der Waals surface area contributed by atoms with Crippen molar-refractivity contribution in [3.8, 4) is 5.75 Å². The molecule has 1 N–H and O–H groups in total. The number of aromatic nitrogens is 1. The Morgan fingerprint density at radius 1 is 1.16 bits per heavy atom. The molecule has 8 heteroatoms. The standard InChI is InChI=1S/C24H25N3O4S/c1-16-14-25-21(17(2)23(16)31-3)15-26-24(28)19-8-6-9-20(13-19)32(29,30)27-12-11-18-7-4-5-10-22(18)27/h4-10,13-14H,11-12,15H2,1-3H3,(H,26,28). The average Bonchev–Trinajstić information content (AvgIpc) is 3.24. The average molecular weight is 452 g/mol. The number of para-hydroxylation sites is 1. The van der Waals surface area contributed by atoms with Crippen LogP contribution >= 0.6 is 0 Å². The molecule has 2 heterocycles. The number of nitrogens with zero attached hydrogens (tertiary/aromatic N) is 2. The molecule has 0 saturated heterocycles. The molecule has 0 atom stereocenters. The van der Waals surface area contributed by atoms with Crippen molar-refractivity contribution in [1.29, 1.82) is 0 Å². The fourth-order valence-electron chi connectivity index (χ4n) is 4.00. The van der Waals surface area contributed by atoms with Crippen LogP contribution in [-0.4, -0.2) is 33.0 Å². The minimum atomic E-state index is -3.77. The lowest BCUT2D eigenvalue weighted by molar-refractivity contribution is 0.0950. The Morgan fingerprint density at radius 3 is 2.72 bits per heavy atom. The highest BCUT2D eigenvalue weighted by atomic mass is 32.2. The van der Waals surface area contributed by atoms with Crippen molar-refractivity contribution in [3.63, 3.8) is 0 Å². The van der Waals surface area contributed by atoms with E-state index in [2.05, 4.69) is 10.3 Å². The second-order valence-corrected chi connectivity index (χ2v) is 9.57. The summed E-state index contributed by atoms with van der Waals surface area (Å²) in [7, 11) is -2.17. The van der Waals surface area contributed by atoms with E-state index < -0.39 is 10.0 Å². The summed E-state index contributed by atoms with van der Waals surface area (Å²) in [5.74, 6) is 0.368. The van der Waals surface area contributed by atoms with Crippen molar-refractivity contribution in [2.75, 3.05) is 18.0 Å². The monoisotopic (exact) mass is 451 g/mol. The maximum Gasteiger partial charge on any atom is 0.264 e. The van der Waals surface area contributed by atoms with E-state index in [1.807, 2.05) is 38.1 Å². The maximum absolute atomic E-state index is 13.3. The summed E-state index contributed by atoms with van der Waals surface area (Å²) in [6, 6.07) is 13.6. The first kappa shape index (κ1) is 21.8. The third-order valence-electron chi connectivity index (χ3n) is 5.69. The molecule has 2 aromatic carbocycles. The maximum atomic E-state index is 13.3. The van der Waals surface area contributed by atoms with E-state index in [1.165, 1.54) is 16.4 Å². The normalized spacial score (nSPS) is 13.0. The highest BCUT2D eigenvalue weighted by molar-refractivity contribution is 7.92. The van der Waals surface area contributed by atoms with E-state index in [-0.39, 0.29) is 22.9 Å². The Kier molecular flexibility index (Phi) is 5.88. The zero-order valence-corrected chi connectivity index (χ0v) is 19.1. The number of methoxy groups -OCH3 is 1. The molecular weight excluding hydrogens is 426 g/mol. The van der Waals surface area contributed by atoms with Gasteiger partial charge < -0.3 is 10.1 Å². The molecule has 0 unspecified atom stereocenters. The number of ether oxygens (including phenoxy) is 1. The van der Waals surface area contributed by atoms with Gasteiger partial charge in [-0.2, -0.15) is 0 Å². The number of amides is 1. The van der Waals surface area contributed by atoms with Crippen LogP contribution in [0.15, 0.2) is 59.6 Å². The molecule has 7 nitrogen and oxygen atoms in total. The molecule has 32 heavy (non-hydrogen) atoms. The van der Waals surface area contributed by atoms with Gasteiger partial charge in [-0.15, -0.1) is 0 Å². The first-order valence-electron chi connectivity index (χ1n) is 10.3. The van der Waals surface area contributed by atoms with Crippen LogP contribution in [0.2, 0.25) is 0 Å². The number of anilines is 1. The van der Waals surface area contributed by atoms with Crippen LogP contribution in [0.3, 0.4) is 0 Å². The molecule has 1 aliphatic heterocycles. The number of sulfonamides is 1. The SMILES string of the molecule is COc1c(C)cnc(CNC(=O)c2cccc(S(=O)(=O)N3CCc4ccccc43)c2)c1C. The van der Waals surface area contributed by atoms with Gasteiger partial charge in [0.05, 0.1) is 29.9 Å². The Hall–Kier alpha value is -3.39. The van der Waals surface area contributed by atoms with Gasteiger partial charge in [0.2, 0.25) is 0 Å². The minimum Gasteiger partial charge on any atom is -0.496 e. The number of carbonyl (C=O) groups excluding carboxylic acids is 1. The summed E-state index contributed by atoms with van der Waals surface area (Å²) in [4.78, 5) is 17.2. The molecule has 0 aliphatic carbocycles. The van der Waals surface area contributed by atoms with Crippen LogP contribution in [0, 0.1) is 13.8 Å². The molecule has 0 spiro atoms. The molecule has 0 saturated carbocycles. The number of aryl methyl sites for hydroxylation is 1. The van der Waals surface area contributed by atoms with Gasteiger partial charge >= 0.3 is 0 Å². The smallest absolute Gasteiger partial charge is 0.264 e. The van der Waals surface area contributed by atoms with E-state index in [1.54, 1.807) is 25.4 Å². The van der Waals surface area contributed by atoms with Crippen molar-refractivity contribution >= 4 is 21.6 Å². The fourth-order valence-corrected chi connectivity index (χ4v) is 5.55. The van der Waals surface area contributed by atoms with Gasteiger partial charge in [-0.25, -0.2) is 8.42 Å². The number of hydrogen-bond acceptors (Lipinski definition) is 5. The summed E-state index contributed by atoms with van der Waals surface area (Å²) in [6.45, 7) is 4.39. The summed E-state index contributed by atoms with van der Waals surface area (Å²) in [5, 5.41) is 2.83. The Labute approximate surface area is 188 Å². The lowest BCUT2D eigenvalue weighted by atomic mass is 10.1. The third kappa shape index (κ3) is 3.93. The molecular formula is C24H25N3O4S. The van der Waals surface area contributed by atoms with Gasteiger partial charge in [0.15, 0.2) is 0 Å². The van der Waals surface area contributed by atoms with E-state index in [9.17, 15) is 13.2 Å². The number of hydrogen-bond donors (Lipinski definition) is 1. The highest BCUT2D eigenvalue weighted by Gasteiger charge is 2.31. The van der Waals surface area contributed by atoms with Crippen LogP contribution in [0.25, 0.3) is 0 Å². The first-order chi connectivity index (χ1) is 15.3. The van der Waals surface area contributed by atoms with E-state index in [0.717, 1.165) is 22.4 Å². The Balaban J connectivity index is 1.54. The predicted octanol–water partition coefficient (Wildman–Crippen LogP) is 3.39. The fraction of sp³-hybridized carbons (Fsp3) is 0.250. The highest BCUT2D eigenvalue weighted by Crippen LogP contribution is 2.32. The van der Waals surface area contributed by atoms with E-state index >= 15 is 0 Å². The minimum absolute atomic E-state index is 0.0909. The van der Waals surface area contributed by atoms with Crippen molar-refractivity contribution in [2.24, 2.45) is 0 Å². The molecule has 4 rings (SSSR count). The third-order valence-corrected chi connectivity index (χ3v) is 7.50. The van der Waals surface area contributed by atoms with E-state index in [0.29, 0.717) is 24.3 Å². The number of pyridine rings is 1. The van der Waals surface area contributed by atoms with Gasteiger partial charge in [0.1, 0.15) is 5.75 Å². The number of carbonyl (C=O) groups is 1. The van der Waals surface area contributed by atoms with Crippen molar-refractivity contribution in [1.82, 2.24) is 10.3 Å². The summed E-state index contributed by atoms with van der Waals surface area (Å²) in [5.41, 5.74) is 4.44. The number of nitrogens with one attached hydrogen (secondary N) is 1. The van der Waals surface area contributed by atoms with Gasteiger partial charge in [0, 0.05) is 29.4 Å². The summed E-state index contributed by atoms with van der Waals surface area (Å²) < 4.78 is 33.4. The quantitative estimate of drug-likeness (QED) is 0.621.